The van der Waals surface area contributed by atoms with E-state index in [1.54, 1.807) is 38.1 Å². The van der Waals surface area contributed by atoms with Crippen LogP contribution >= 0.6 is 0 Å². The second kappa shape index (κ2) is 7.32. The van der Waals surface area contributed by atoms with Crippen LogP contribution in [0.5, 0.6) is 0 Å². The molecule has 0 aliphatic carbocycles. The van der Waals surface area contributed by atoms with E-state index in [1.807, 2.05) is 0 Å². The molecule has 1 N–H and O–H groups in total. The van der Waals surface area contributed by atoms with Crippen molar-refractivity contribution < 1.29 is 27.4 Å². The van der Waals surface area contributed by atoms with Crippen molar-refractivity contribution in [2.45, 2.75) is 31.9 Å². The number of alkyl halides is 3. The highest BCUT2D eigenvalue weighted by Gasteiger charge is 2.33. The van der Waals surface area contributed by atoms with E-state index in [0.717, 1.165) is 12.1 Å². The molecule has 7 heteroatoms. The molecule has 1 heterocycles. The topological polar surface area (TPSA) is 47.6 Å². The molecule has 2 aromatic rings. The van der Waals surface area contributed by atoms with Gasteiger partial charge >= 0.3 is 6.18 Å². The number of amides is 1. The third kappa shape index (κ3) is 4.67. The summed E-state index contributed by atoms with van der Waals surface area (Å²) in [5.41, 5.74) is 0.757. The van der Waals surface area contributed by atoms with Gasteiger partial charge in [-0.2, -0.15) is 13.2 Å². The van der Waals surface area contributed by atoms with Crippen LogP contribution in [0.1, 0.15) is 29.8 Å². The van der Waals surface area contributed by atoms with Gasteiger partial charge in [-0.25, -0.2) is 0 Å². The zero-order valence-corrected chi connectivity index (χ0v) is 15.0. The van der Waals surface area contributed by atoms with Gasteiger partial charge in [-0.3, -0.25) is 4.79 Å². The number of hydrogen-bond acceptors (Lipinski definition) is 3. The number of ether oxygens (including phenoxy) is 2. The fraction of sp³-hybridized carbons (Fsp3) is 0.350. The van der Waals surface area contributed by atoms with Crippen molar-refractivity contribution in [2.24, 2.45) is 0 Å². The second-order valence-corrected chi connectivity index (χ2v) is 6.78. The predicted molar refractivity (Wildman–Crippen MR) is 94.1 cm³/mol. The van der Waals surface area contributed by atoms with Crippen molar-refractivity contribution in [3.05, 3.63) is 59.7 Å². The molecule has 2 aromatic carbocycles. The molecule has 1 unspecified atom stereocenters. The average Bonchev–Trinajstić information content (AvgIpc) is 2.98. The lowest BCUT2D eigenvalue weighted by Crippen LogP contribution is -2.34. The highest BCUT2D eigenvalue weighted by molar-refractivity contribution is 6.00. The van der Waals surface area contributed by atoms with Crippen LogP contribution in [-0.2, 0) is 15.7 Å². The van der Waals surface area contributed by atoms with Crippen LogP contribution in [-0.4, -0.2) is 30.9 Å². The van der Waals surface area contributed by atoms with Gasteiger partial charge in [-0.05, 0) is 43.2 Å². The molecule has 144 valence electrons. The first-order chi connectivity index (χ1) is 12.7. The number of benzene rings is 2. The molecule has 1 fully saturated rings. The normalized spacial score (nSPS) is 19.1. The molecule has 0 aromatic heterocycles. The molecular weight excluding hydrogens is 359 g/mol. The average molecular weight is 379 g/mol. The van der Waals surface area contributed by atoms with Crippen LogP contribution in [0.25, 0.3) is 11.1 Å². The Bertz CT molecular complexity index is 816. The second-order valence-electron chi connectivity index (χ2n) is 6.78. The van der Waals surface area contributed by atoms with Gasteiger partial charge in [0.25, 0.3) is 5.91 Å². The van der Waals surface area contributed by atoms with Crippen LogP contribution in [0.3, 0.4) is 0 Å². The summed E-state index contributed by atoms with van der Waals surface area (Å²) >= 11 is 0. The van der Waals surface area contributed by atoms with E-state index in [-0.39, 0.29) is 18.6 Å². The molecule has 1 amide bonds. The maximum Gasteiger partial charge on any atom is 0.416 e. The van der Waals surface area contributed by atoms with Gasteiger partial charge in [0, 0.05) is 12.1 Å². The lowest BCUT2D eigenvalue weighted by atomic mass is 9.98. The maximum absolute atomic E-state index is 12.7. The molecule has 3 rings (SSSR count). The van der Waals surface area contributed by atoms with Gasteiger partial charge in [0.05, 0.1) is 12.2 Å². The predicted octanol–water partition coefficient (Wildman–Crippen LogP) is 4.25. The molecule has 0 bridgehead atoms. The number of hydrogen-bond donors (Lipinski definition) is 1. The molecule has 0 saturated carbocycles. The fourth-order valence-corrected chi connectivity index (χ4v) is 2.94. The third-order valence-corrected chi connectivity index (χ3v) is 4.25. The lowest BCUT2D eigenvalue weighted by molar-refractivity contribution is -0.138. The molecule has 4 nitrogen and oxygen atoms in total. The number of carbonyl (C=O) groups excluding carboxylic acids is 1. The Morgan fingerprint density at radius 3 is 2.41 bits per heavy atom. The van der Waals surface area contributed by atoms with Crippen LogP contribution in [0, 0.1) is 0 Å². The number of nitrogens with one attached hydrogen (secondary N) is 1. The van der Waals surface area contributed by atoms with E-state index >= 15 is 0 Å². The zero-order valence-electron chi connectivity index (χ0n) is 15.0. The zero-order chi connectivity index (χ0) is 19.7. The summed E-state index contributed by atoms with van der Waals surface area (Å²) < 4.78 is 49.3. The molecule has 0 spiro atoms. The molecule has 1 aliphatic rings. The van der Waals surface area contributed by atoms with E-state index in [0.29, 0.717) is 23.3 Å². The van der Waals surface area contributed by atoms with Crippen LogP contribution < -0.4 is 5.32 Å². The number of carbonyl (C=O) groups is 1. The lowest BCUT2D eigenvalue weighted by Gasteiger charge is -2.17. The minimum absolute atomic E-state index is 0.248. The standard InChI is InChI=1S/C20H20F3NO3/c1-19(2)26-12-15(27-19)11-24-18(25)17-6-4-3-5-16(17)13-7-9-14(10-8-13)20(21,22)23/h3-10,15H,11-12H2,1-2H3,(H,24,25). The Labute approximate surface area is 155 Å². The first kappa shape index (κ1) is 19.4. The SMILES string of the molecule is CC1(C)OCC(CNC(=O)c2ccccc2-c2ccc(C(F)(F)F)cc2)O1. The van der Waals surface area contributed by atoms with Crippen LogP contribution in [0.2, 0.25) is 0 Å². The first-order valence-electron chi connectivity index (χ1n) is 8.52. The van der Waals surface area contributed by atoms with Gasteiger partial charge < -0.3 is 14.8 Å². The van der Waals surface area contributed by atoms with Gasteiger partial charge in [-0.1, -0.05) is 30.3 Å². The summed E-state index contributed by atoms with van der Waals surface area (Å²) in [6.45, 7) is 4.26. The number of halogens is 3. The maximum atomic E-state index is 12.7. The monoisotopic (exact) mass is 379 g/mol. The summed E-state index contributed by atoms with van der Waals surface area (Å²) in [7, 11) is 0. The van der Waals surface area contributed by atoms with Crippen molar-refractivity contribution in [1.29, 1.82) is 0 Å². The van der Waals surface area contributed by atoms with Gasteiger partial charge in [0.1, 0.15) is 6.10 Å². The molecule has 27 heavy (non-hydrogen) atoms. The molecule has 1 aliphatic heterocycles. The third-order valence-electron chi connectivity index (χ3n) is 4.25. The Morgan fingerprint density at radius 2 is 1.81 bits per heavy atom. The van der Waals surface area contributed by atoms with E-state index in [4.69, 9.17) is 9.47 Å². The van der Waals surface area contributed by atoms with E-state index in [1.165, 1.54) is 12.1 Å². The van der Waals surface area contributed by atoms with Crippen molar-refractivity contribution in [3.8, 4) is 11.1 Å². The van der Waals surface area contributed by atoms with E-state index < -0.39 is 17.5 Å². The molecule has 1 saturated heterocycles. The van der Waals surface area contributed by atoms with Crippen molar-refractivity contribution in [2.75, 3.05) is 13.2 Å². The largest absolute Gasteiger partial charge is 0.416 e. The van der Waals surface area contributed by atoms with Gasteiger partial charge in [0.2, 0.25) is 0 Å². The van der Waals surface area contributed by atoms with Crippen LogP contribution in [0.15, 0.2) is 48.5 Å². The Kier molecular flexibility index (Phi) is 5.26. The minimum Gasteiger partial charge on any atom is -0.349 e. The summed E-state index contributed by atoms with van der Waals surface area (Å²) in [4.78, 5) is 12.6. The minimum atomic E-state index is -4.40. The van der Waals surface area contributed by atoms with Gasteiger partial charge in [0.15, 0.2) is 5.79 Å². The summed E-state index contributed by atoms with van der Waals surface area (Å²) in [6, 6.07) is 11.5. The summed E-state index contributed by atoms with van der Waals surface area (Å²) in [5, 5.41) is 2.80. The summed E-state index contributed by atoms with van der Waals surface area (Å²) in [6.07, 6.45) is -4.64. The van der Waals surface area contributed by atoms with E-state index in [9.17, 15) is 18.0 Å². The highest BCUT2D eigenvalue weighted by Crippen LogP contribution is 2.32. The smallest absolute Gasteiger partial charge is 0.349 e. The van der Waals surface area contributed by atoms with Crippen molar-refractivity contribution in [3.63, 3.8) is 0 Å². The fourth-order valence-electron chi connectivity index (χ4n) is 2.94. The molecule has 1 atom stereocenters. The first-order valence-corrected chi connectivity index (χ1v) is 8.52. The molecule has 0 radical (unpaired) electrons. The van der Waals surface area contributed by atoms with Crippen molar-refractivity contribution >= 4 is 5.91 Å². The summed E-state index contributed by atoms with van der Waals surface area (Å²) in [5.74, 6) is -0.994. The van der Waals surface area contributed by atoms with Crippen molar-refractivity contribution in [1.82, 2.24) is 5.32 Å². The highest BCUT2D eigenvalue weighted by atomic mass is 19.4. The van der Waals surface area contributed by atoms with E-state index in [2.05, 4.69) is 5.32 Å². The van der Waals surface area contributed by atoms with Crippen LogP contribution in [0.4, 0.5) is 13.2 Å². The Balaban J connectivity index is 1.75. The van der Waals surface area contributed by atoms with Gasteiger partial charge in [-0.15, -0.1) is 0 Å². The molecular formula is C20H20F3NO3. The Morgan fingerprint density at radius 1 is 1.15 bits per heavy atom. The number of rotatable bonds is 4. The quantitative estimate of drug-likeness (QED) is 0.864. The Hall–Kier alpha value is -2.38.